The van der Waals surface area contributed by atoms with Crippen LogP contribution in [0.3, 0.4) is 0 Å². The Hall–Kier alpha value is -1.58. The van der Waals surface area contributed by atoms with Crippen LogP contribution in [0.15, 0.2) is 24.3 Å². The van der Waals surface area contributed by atoms with E-state index in [4.69, 9.17) is 4.74 Å². The van der Waals surface area contributed by atoms with Crippen molar-refractivity contribution in [2.24, 2.45) is 5.92 Å². The number of nitrogens with one attached hydrogen (secondary N) is 1. The third-order valence-corrected chi connectivity index (χ3v) is 3.02. The molecule has 1 atom stereocenters. The molecule has 0 radical (unpaired) electrons. The van der Waals surface area contributed by atoms with Crippen molar-refractivity contribution in [1.29, 1.82) is 0 Å². The molecule has 4 heteroatoms. The van der Waals surface area contributed by atoms with Crippen molar-refractivity contribution in [3.63, 3.8) is 0 Å². The Labute approximate surface area is 114 Å². The van der Waals surface area contributed by atoms with Crippen LogP contribution in [0.2, 0.25) is 0 Å². The highest BCUT2D eigenvalue weighted by atomic mass is 19.1. The van der Waals surface area contributed by atoms with Crippen molar-refractivity contribution in [3.8, 4) is 5.75 Å². The molecule has 1 aromatic carbocycles. The summed E-state index contributed by atoms with van der Waals surface area (Å²) in [6.07, 6.45) is 1.09. The summed E-state index contributed by atoms with van der Waals surface area (Å²) in [5.74, 6) is 0.815. The first-order valence-corrected chi connectivity index (χ1v) is 6.66. The van der Waals surface area contributed by atoms with Gasteiger partial charge >= 0.3 is 0 Å². The number of rotatable bonds is 7. The number of amides is 1. The Kier molecular flexibility index (Phi) is 6.33. The molecule has 0 bridgehead atoms. The molecule has 1 aromatic rings. The van der Waals surface area contributed by atoms with Crippen LogP contribution in [-0.4, -0.2) is 18.6 Å². The van der Waals surface area contributed by atoms with Gasteiger partial charge in [0.1, 0.15) is 11.6 Å². The van der Waals surface area contributed by atoms with E-state index < -0.39 is 0 Å². The largest absolute Gasteiger partial charge is 0.494 e. The summed E-state index contributed by atoms with van der Waals surface area (Å²) in [7, 11) is 0. The Morgan fingerprint density at radius 1 is 1.26 bits per heavy atom. The van der Waals surface area contributed by atoms with E-state index in [0.717, 1.165) is 0 Å². The summed E-state index contributed by atoms with van der Waals surface area (Å²) >= 11 is 0. The molecule has 19 heavy (non-hydrogen) atoms. The zero-order valence-electron chi connectivity index (χ0n) is 11.8. The van der Waals surface area contributed by atoms with E-state index in [0.29, 0.717) is 31.1 Å². The normalized spacial score (nSPS) is 12.3. The van der Waals surface area contributed by atoms with Crippen molar-refractivity contribution in [1.82, 2.24) is 5.32 Å². The molecule has 0 aromatic heterocycles. The Morgan fingerprint density at radius 2 is 1.89 bits per heavy atom. The van der Waals surface area contributed by atoms with Gasteiger partial charge in [-0.15, -0.1) is 0 Å². The lowest BCUT2D eigenvalue weighted by atomic mass is 10.1. The van der Waals surface area contributed by atoms with Crippen LogP contribution in [-0.2, 0) is 4.79 Å². The molecule has 0 spiro atoms. The highest BCUT2D eigenvalue weighted by Gasteiger charge is 2.10. The second-order valence-corrected chi connectivity index (χ2v) is 5.01. The third kappa shape index (κ3) is 6.22. The number of ether oxygens (including phenoxy) is 1. The van der Waals surface area contributed by atoms with Crippen molar-refractivity contribution in [3.05, 3.63) is 30.1 Å². The Balaban J connectivity index is 2.17. The van der Waals surface area contributed by atoms with Crippen LogP contribution in [0, 0.1) is 11.7 Å². The smallest absolute Gasteiger partial charge is 0.220 e. The van der Waals surface area contributed by atoms with E-state index >= 15 is 0 Å². The molecule has 0 heterocycles. The molecule has 0 aliphatic rings. The van der Waals surface area contributed by atoms with E-state index in [2.05, 4.69) is 19.2 Å². The molecule has 1 amide bonds. The van der Waals surface area contributed by atoms with E-state index in [1.54, 1.807) is 12.1 Å². The molecule has 0 fully saturated rings. The number of hydrogen-bond acceptors (Lipinski definition) is 2. The third-order valence-electron chi connectivity index (χ3n) is 3.02. The van der Waals surface area contributed by atoms with Gasteiger partial charge in [0.2, 0.25) is 5.91 Å². The molecule has 0 aliphatic carbocycles. The van der Waals surface area contributed by atoms with Gasteiger partial charge in [-0.1, -0.05) is 13.8 Å². The fraction of sp³-hybridized carbons (Fsp3) is 0.533. The van der Waals surface area contributed by atoms with Crippen LogP contribution >= 0.6 is 0 Å². The first kappa shape index (κ1) is 15.5. The minimum atomic E-state index is -0.283. The van der Waals surface area contributed by atoms with Crippen molar-refractivity contribution in [2.45, 2.75) is 39.7 Å². The van der Waals surface area contributed by atoms with Gasteiger partial charge in [-0.2, -0.15) is 0 Å². The Bertz CT molecular complexity index is 390. The lowest BCUT2D eigenvalue weighted by Crippen LogP contribution is -2.36. The van der Waals surface area contributed by atoms with Gasteiger partial charge in [0, 0.05) is 12.5 Å². The molecule has 0 saturated heterocycles. The zero-order valence-corrected chi connectivity index (χ0v) is 11.8. The van der Waals surface area contributed by atoms with Gasteiger partial charge in [-0.05, 0) is 43.5 Å². The van der Waals surface area contributed by atoms with Crippen LogP contribution in [0.4, 0.5) is 4.39 Å². The summed E-state index contributed by atoms with van der Waals surface area (Å²) in [5.41, 5.74) is 0. The highest BCUT2D eigenvalue weighted by Crippen LogP contribution is 2.11. The van der Waals surface area contributed by atoms with Gasteiger partial charge in [-0.25, -0.2) is 4.39 Å². The van der Waals surface area contributed by atoms with E-state index in [1.165, 1.54) is 12.1 Å². The van der Waals surface area contributed by atoms with Gasteiger partial charge in [0.15, 0.2) is 0 Å². The zero-order chi connectivity index (χ0) is 14.3. The van der Waals surface area contributed by atoms with Crippen molar-refractivity contribution >= 4 is 5.91 Å². The molecule has 1 rings (SSSR count). The SMILES string of the molecule is CC(C)C(C)NC(=O)CCCOc1ccc(F)cc1. The molecular weight excluding hydrogens is 245 g/mol. The number of hydrogen-bond donors (Lipinski definition) is 1. The van der Waals surface area contributed by atoms with E-state index in [-0.39, 0.29) is 17.8 Å². The van der Waals surface area contributed by atoms with Crippen molar-refractivity contribution < 1.29 is 13.9 Å². The molecule has 1 unspecified atom stereocenters. The summed E-state index contributed by atoms with van der Waals surface area (Å²) in [5, 5.41) is 2.94. The number of benzene rings is 1. The molecular formula is C15H22FNO2. The molecule has 1 N–H and O–H groups in total. The maximum absolute atomic E-state index is 12.7. The second kappa shape index (κ2) is 7.77. The predicted molar refractivity (Wildman–Crippen MR) is 73.6 cm³/mol. The van der Waals surface area contributed by atoms with E-state index in [9.17, 15) is 9.18 Å². The fourth-order valence-electron chi connectivity index (χ4n) is 1.45. The first-order chi connectivity index (χ1) is 8.99. The second-order valence-electron chi connectivity index (χ2n) is 5.01. The number of halogens is 1. The minimum Gasteiger partial charge on any atom is -0.494 e. The van der Waals surface area contributed by atoms with E-state index in [1.807, 2.05) is 6.92 Å². The van der Waals surface area contributed by atoms with Gasteiger partial charge in [0.05, 0.1) is 6.61 Å². The summed E-state index contributed by atoms with van der Waals surface area (Å²) in [6.45, 7) is 6.60. The fourth-order valence-corrected chi connectivity index (χ4v) is 1.45. The quantitative estimate of drug-likeness (QED) is 0.771. The maximum atomic E-state index is 12.7. The topological polar surface area (TPSA) is 38.3 Å². The summed E-state index contributed by atoms with van der Waals surface area (Å²) in [6, 6.07) is 6.05. The molecule has 0 aliphatic heterocycles. The van der Waals surface area contributed by atoms with Crippen LogP contribution in [0.25, 0.3) is 0 Å². The van der Waals surface area contributed by atoms with Crippen molar-refractivity contribution in [2.75, 3.05) is 6.61 Å². The van der Waals surface area contributed by atoms with Gasteiger partial charge < -0.3 is 10.1 Å². The first-order valence-electron chi connectivity index (χ1n) is 6.66. The van der Waals surface area contributed by atoms with Crippen LogP contribution < -0.4 is 10.1 Å². The lowest BCUT2D eigenvalue weighted by Gasteiger charge is -2.17. The van der Waals surface area contributed by atoms with Crippen LogP contribution in [0.5, 0.6) is 5.75 Å². The number of carbonyl (C=O) groups is 1. The average Bonchev–Trinajstić information content (AvgIpc) is 2.36. The van der Waals surface area contributed by atoms with Gasteiger partial charge in [-0.3, -0.25) is 4.79 Å². The monoisotopic (exact) mass is 267 g/mol. The summed E-state index contributed by atoms with van der Waals surface area (Å²) in [4.78, 5) is 11.6. The lowest BCUT2D eigenvalue weighted by molar-refractivity contribution is -0.122. The number of carbonyl (C=O) groups excluding carboxylic acids is 1. The van der Waals surface area contributed by atoms with Gasteiger partial charge in [0.25, 0.3) is 0 Å². The minimum absolute atomic E-state index is 0.0453. The Morgan fingerprint density at radius 3 is 2.47 bits per heavy atom. The predicted octanol–water partition coefficient (Wildman–Crippen LogP) is 3.15. The maximum Gasteiger partial charge on any atom is 0.220 e. The van der Waals surface area contributed by atoms with Crippen LogP contribution in [0.1, 0.15) is 33.6 Å². The standard InChI is InChI=1S/C15H22FNO2/c1-11(2)12(3)17-15(18)5-4-10-19-14-8-6-13(16)7-9-14/h6-9,11-12H,4-5,10H2,1-3H3,(H,17,18). The molecule has 0 saturated carbocycles. The molecule has 106 valence electrons. The summed E-state index contributed by atoms with van der Waals surface area (Å²) < 4.78 is 18.1. The average molecular weight is 267 g/mol. The molecule has 3 nitrogen and oxygen atoms in total. The highest BCUT2D eigenvalue weighted by molar-refractivity contribution is 5.76.